The summed E-state index contributed by atoms with van der Waals surface area (Å²) in [5.74, 6) is -2.50. The molecule has 17 heavy (non-hydrogen) atoms. The van der Waals surface area contributed by atoms with Crippen LogP contribution in [0.2, 0.25) is 0 Å². The van der Waals surface area contributed by atoms with Gasteiger partial charge in [-0.05, 0) is 22.6 Å². The van der Waals surface area contributed by atoms with Crippen molar-refractivity contribution in [2.45, 2.75) is 0 Å². The maximum Gasteiger partial charge on any atom is 0.336 e. The summed E-state index contributed by atoms with van der Waals surface area (Å²) in [6.07, 6.45) is 0. The van der Waals surface area contributed by atoms with E-state index in [-0.39, 0.29) is 22.5 Å². The minimum absolute atomic E-state index is 0.000370. The van der Waals surface area contributed by atoms with E-state index in [0.717, 1.165) is 0 Å². The van der Waals surface area contributed by atoms with Crippen molar-refractivity contribution >= 4 is 11.9 Å². The summed E-state index contributed by atoms with van der Waals surface area (Å²) in [4.78, 5) is 22.0. The third kappa shape index (κ3) is 1.83. The first-order valence-electron chi connectivity index (χ1n) is 4.45. The Morgan fingerprint density at radius 2 is 1.71 bits per heavy atom. The van der Waals surface area contributed by atoms with Gasteiger partial charge in [0, 0.05) is 5.56 Å². The molecule has 2 aromatic rings. The fourth-order valence-electron chi connectivity index (χ4n) is 1.43. The standard InChI is InChI=1S/C9H6N4O4/c14-8(15)4-2-1-3-5(9(16)17)6(4)7-10-12-13-11-7/h1-3H,(H,14,15)(H,16,17)(H,10,11,12,13). The Bertz CT molecular complexity index is 546. The highest BCUT2D eigenvalue weighted by atomic mass is 16.4. The van der Waals surface area contributed by atoms with Crippen molar-refractivity contribution < 1.29 is 19.8 Å². The summed E-state index contributed by atoms with van der Waals surface area (Å²) in [5.41, 5.74) is -0.399. The molecule has 8 nitrogen and oxygen atoms in total. The molecule has 2 rings (SSSR count). The molecule has 0 aliphatic heterocycles. The molecule has 0 saturated carbocycles. The maximum atomic E-state index is 11.0. The van der Waals surface area contributed by atoms with Gasteiger partial charge in [0.25, 0.3) is 0 Å². The van der Waals surface area contributed by atoms with Crippen LogP contribution in [0.5, 0.6) is 0 Å². The lowest BCUT2D eigenvalue weighted by Gasteiger charge is -2.05. The number of carboxylic acids is 2. The van der Waals surface area contributed by atoms with Gasteiger partial charge in [-0.25, -0.2) is 14.7 Å². The van der Waals surface area contributed by atoms with Crippen LogP contribution in [0.3, 0.4) is 0 Å². The van der Waals surface area contributed by atoms with Gasteiger partial charge in [-0.15, -0.1) is 5.10 Å². The molecule has 0 unspecified atom stereocenters. The number of aromatic amines is 1. The Balaban J connectivity index is 2.76. The van der Waals surface area contributed by atoms with Crippen molar-refractivity contribution in [2.75, 3.05) is 0 Å². The number of nitrogens with zero attached hydrogens (tertiary/aromatic N) is 3. The molecule has 86 valence electrons. The largest absolute Gasteiger partial charge is 0.478 e. The third-order valence-corrected chi connectivity index (χ3v) is 2.11. The number of carbonyl (C=O) groups is 2. The number of rotatable bonds is 3. The summed E-state index contributed by atoms with van der Waals surface area (Å²) in [5, 5.41) is 30.5. The molecule has 8 heteroatoms. The summed E-state index contributed by atoms with van der Waals surface area (Å²) >= 11 is 0. The number of benzene rings is 1. The second-order valence-electron chi connectivity index (χ2n) is 3.09. The number of aromatic nitrogens is 4. The Kier molecular flexibility index (Phi) is 2.53. The van der Waals surface area contributed by atoms with Gasteiger partial charge in [0.05, 0.1) is 11.1 Å². The van der Waals surface area contributed by atoms with E-state index < -0.39 is 11.9 Å². The molecule has 0 aliphatic rings. The molecule has 1 aromatic carbocycles. The number of tetrazole rings is 1. The van der Waals surface area contributed by atoms with Crippen molar-refractivity contribution in [3.8, 4) is 11.4 Å². The molecule has 0 spiro atoms. The number of hydrogen-bond donors (Lipinski definition) is 3. The molecule has 0 radical (unpaired) electrons. The number of aromatic carboxylic acids is 2. The fraction of sp³-hybridized carbons (Fsp3) is 0. The third-order valence-electron chi connectivity index (χ3n) is 2.11. The lowest BCUT2D eigenvalue weighted by molar-refractivity contribution is 0.0696. The van der Waals surface area contributed by atoms with Gasteiger partial charge in [0.15, 0.2) is 5.82 Å². The molecule has 0 aliphatic carbocycles. The molecule has 0 fully saturated rings. The van der Waals surface area contributed by atoms with Crippen LogP contribution >= 0.6 is 0 Å². The summed E-state index contributed by atoms with van der Waals surface area (Å²) < 4.78 is 0. The Morgan fingerprint density at radius 1 is 1.12 bits per heavy atom. The molecular formula is C9H6N4O4. The average molecular weight is 234 g/mol. The second-order valence-corrected chi connectivity index (χ2v) is 3.09. The summed E-state index contributed by atoms with van der Waals surface area (Å²) in [6.45, 7) is 0. The first-order valence-corrected chi connectivity index (χ1v) is 4.45. The Hall–Kier alpha value is -2.77. The smallest absolute Gasteiger partial charge is 0.336 e. The molecule has 0 amide bonds. The van der Waals surface area contributed by atoms with Gasteiger partial charge in [0.1, 0.15) is 0 Å². The van der Waals surface area contributed by atoms with Crippen LogP contribution < -0.4 is 0 Å². The van der Waals surface area contributed by atoms with E-state index in [1.165, 1.54) is 18.2 Å². The quantitative estimate of drug-likeness (QED) is 0.694. The van der Waals surface area contributed by atoms with E-state index in [2.05, 4.69) is 20.6 Å². The Labute approximate surface area is 93.9 Å². The highest BCUT2D eigenvalue weighted by molar-refractivity contribution is 6.03. The van der Waals surface area contributed by atoms with Gasteiger partial charge >= 0.3 is 11.9 Å². The first-order chi connectivity index (χ1) is 8.11. The van der Waals surface area contributed by atoms with Crippen molar-refractivity contribution in [3.63, 3.8) is 0 Å². The van der Waals surface area contributed by atoms with Gasteiger partial charge in [-0.1, -0.05) is 6.07 Å². The van der Waals surface area contributed by atoms with Gasteiger partial charge in [-0.2, -0.15) is 0 Å². The lowest BCUT2D eigenvalue weighted by atomic mass is 10.0. The zero-order valence-corrected chi connectivity index (χ0v) is 8.28. The maximum absolute atomic E-state index is 11.0. The molecule has 0 saturated heterocycles. The van der Waals surface area contributed by atoms with Gasteiger partial charge in [0.2, 0.25) is 0 Å². The minimum atomic E-state index is -1.25. The molecular weight excluding hydrogens is 228 g/mol. The zero-order chi connectivity index (χ0) is 12.4. The number of carboxylic acid groups (broad SMARTS) is 2. The van der Waals surface area contributed by atoms with Gasteiger partial charge in [-0.3, -0.25) is 0 Å². The van der Waals surface area contributed by atoms with Crippen LogP contribution in [-0.4, -0.2) is 42.8 Å². The molecule has 1 heterocycles. The second kappa shape index (κ2) is 4.00. The molecule has 0 atom stereocenters. The van der Waals surface area contributed by atoms with Crippen molar-refractivity contribution in [1.82, 2.24) is 20.6 Å². The Morgan fingerprint density at radius 3 is 2.12 bits per heavy atom. The summed E-state index contributed by atoms with van der Waals surface area (Å²) in [7, 11) is 0. The van der Waals surface area contributed by atoms with Crippen LogP contribution in [0.25, 0.3) is 11.4 Å². The van der Waals surface area contributed by atoms with Crippen LogP contribution in [-0.2, 0) is 0 Å². The molecule has 3 N–H and O–H groups in total. The van der Waals surface area contributed by atoms with Crippen molar-refractivity contribution in [3.05, 3.63) is 29.3 Å². The number of H-pyrrole nitrogens is 1. The van der Waals surface area contributed by atoms with Crippen molar-refractivity contribution in [1.29, 1.82) is 0 Å². The zero-order valence-electron chi connectivity index (χ0n) is 8.28. The average Bonchev–Trinajstić information content (AvgIpc) is 2.80. The highest BCUT2D eigenvalue weighted by Crippen LogP contribution is 2.24. The fourth-order valence-corrected chi connectivity index (χ4v) is 1.43. The minimum Gasteiger partial charge on any atom is -0.478 e. The number of hydrogen-bond acceptors (Lipinski definition) is 5. The number of nitrogens with one attached hydrogen (secondary N) is 1. The van der Waals surface area contributed by atoms with Crippen LogP contribution in [0, 0.1) is 0 Å². The van der Waals surface area contributed by atoms with Crippen LogP contribution in [0.15, 0.2) is 18.2 Å². The van der Waals surface area contributed by atoms with Crippen LogP contribution in [0.4, 0.5) is 0 Å². The van der Waals surface area contributed by atoms with E-state index >= 15 is 0 Å². The van der Waals surface area contributed by atoms with E-state index in [9.17, 15) is 9.59 Å². The highest BCUT2D eigenvalue weighted by Gasteiger charge is 2.21. The first kappa shape index (κ1) is 10.7. The monoisotopic (exact) mass is 234 g/mol. The van der Waals surface area contributed by atoms with Crippen molar-refractivity contribution in [2.24, 2.45) is 0 Å². The SMILES string of the molecule is O=C(O)c1cccc(C(=O)O)c1-c1nnn[nH]1. The molecule has 0 bridgehead atoms. The summed E-state index contributed by atoms with van der Waals surface area (Å²) in [6, 6.07) is 3.92. The van der Waals surface area contributed by atoms with E-state index in [4.69, 9.17) is 10.2 Å². The van der Waals surface area contributed by atoms with Gasteiger partial charge < -0.3 is 10.2 Å². The van der Waals surface area contributed by atoms with E-state index in [1.807, 2.05) is 0 Å². The lowest BCUT2D eigenvalue weighted by Crippen LogP contribution is -2.07. The predicted molar refractivity (Wildman–Crippen MR) is 53.5 cm³/mol. The predicted octanol–water partition coefficient (Wildman–Crippen LogP) is 0.263. The molecule has 1 aromatic heterocycles. The normalized spacial score (nSPS) is 10.1. The van der Waals surface area contributed by atoms with E-state index in [1.54, 1.807) is 0 Å². The topological polar surface area (TPSA) is 129 Å². The van der Waals surface area contributed by atoms with Crippen LogP contribution in [0.1, 0.15) is 20.7 Å². The van der Waals surface area contributed by atoms with E-state index in [0.29, 0.717) is 0 Å².